The zero-order valence-corrected chi connectivity index (χ0v) is 11.3. The third-order valence-corrected chi connectivity index (χ3v) is 3.85. The maximum atomic E-state index is 12.2. The topological polar surface area (TPSA) is 98.7 Å². The van der Waals surface area contributed by atoms with Crippen LogP contribution in [0.15, 0.2) is 35.5 Å². The highest BCUT2D eigenvalue weighted by molar-refractivity contribution is 6.58. The van der Waals surface area contributed by atoms with E-state index in [-0.39, 0.29) is 11.8 Å². The molecule has 2 amide bonds. The Morgan fingerprint density at radius 3 is 2.48 bits per heavy atom. The van der Waals surface area contributed by atoms with Gasteiger partial charge in [0, 0.05) is 17.7 Å². The van der Waals surface area contributed by atoms with Gasteiger partial charge in [0.25, 0.3) is 0 Å². The minimum atomic E-state index is -1.53. The monoisotopic (exact) mass is 286 g/mol. The molecule has 1 unspecified atom stereocenters. The number of Topliss-reactive ketones (excluding diaryl/α,β-unsaturated/α-hetero) is 1. The van der Waals surface area contributed by atoms with E-state index in [1.165, 1.54) is 0 Å². The van der Waals surface area contributed by atoms with Gasteiger partial charge in [-0.15, -0.1) is 0 Å². The maximum absolute atomic E-state index is 12.2. The number of rotatable bonds is 2. The number of allylic oxidation sites excluding steroid dienone is 1. The average molecular weight is 286 g/mol. The fourth-order valence-corrected chi connectivity index (χ4v) is 2.82. The molecule has 2 aliphatic rings. The van der Waals surface area contributed by atoms with E-state index in [0.29, 0.717) is 29.6 Å². The number of urea groups is 1. The maximum Gasteiger partial charge on any atom is 0.488 e. The second-order valence-electron chi connectivity index (χ2n) is 5.24. The van der Waals surface area contributed by atoms with Gasteiger partial charge in [-0.3, -0.25) is 4.79 Å². The van der Waals surface area contributed by atoms with E-state index >= 15 is 0 Å². The van der Waals surface area contributed by atoms with Crippen LogP contribution in [0.5, 0.6) is 0 Å². The van der Waals surface area contributed by atoms with Crippen molar-refractivity contribution in [2.24, 2.45) is 0 Å². The highest BCUT2D eigenvalue weighted by Crippen LogP contribution is 2.32. The van der Waals surface area contributed by atoms with E-state index < -0.39 is 13.2 Å². The van der Waals surface area contributed by atoms with Gasteiger partial charge in [-0.1, -0.05) is 24.3 Å². The highest BCUT2D eigenvalue weighted by Gasteiger charge is 2.34. The predicted molar refractivity (Wildman–Crippen MR) is 76.6 cm³/mol. The van der Waals surface area contributed by atoms with Gasteiger partial charge >= 0.3 is 13.1 Å². The van der Waals surface area contributed by atoms with E-state index in [0.717, 1.165) is 12.0 Å². The van der Waals surface area contributed by atoms with E-state index in [9.17, 15) is 9.59 Å². The van der Waals surface area contributed by atoms with Crippen LogP contribution in [-0.4, -0.2) is 29.0 Å². The van der Waals surface area contributed by atoms with Crippen molar-refractivity contribution < 1.29 is 19.6 Å². The van der Waals surface area contributed by atoms with Crippen LogP contribution in [0.3, 0.4) is 0 Å². The largest absolute Gasteiger partial charge is 0.488 e. The fraction of sp³-hybridized carbons (Fsp3) is 0.286. The van der Waals surface area contributed by atoms with Crippen molar-refractivity contribution in [1.82, 2.24) is 10.6 Å². The predicted octanol–water partition coefficient (Wildman–Crippen LogP) is -0.273. The SMILES string of the molecule is O=C1NC2=C(C(=O)CCC2)C(c2ccc(B(O)O)cc2)N1. The zero-order chi connectivity index (χ0) is 15.0. The Labute approximate surface area is 122 Å². The van der Waals surface area contributed by atoms with Gasteiger partial charge in [0.15, 0.2) is 5.78 Å². The van der Waals surface area contributed by atoms with Gasteiger partial charge in [-0.25, -0.2) is 4.79 Å². The van der Waals surface area contributed by atoms with Crippen LogP contribution >= 0.6 is 0 Å². The molecule has 1 atom stereocenters. The average Bonchev–Trinajstić information content (AvgIpc) is 2.46. The molecule has 0 spiro atoms. The smallest absolute Gasteiger partial charge is 0.423 e. The molecule has 1 aromatic rings. The first-order valence-electron chi connectivity index (χ1n) is 6.86. The van der Waals surface area contributed by atoms with Gasteiger partial charge in [-0.2, -0.15) is 0 Å². The Kier molecular flexibility index (Phi) is 3.53. The van der Waals surface area contributed by atoms with Crippen LogP contribution in [0.2, 0.25) is 0 Å². The number of hydrogen-bond acceptors (Lipinski definition) is 4. The molecule has 0 bridgehead atoms. The van der Waals surface area contributed by atoms with E-state index in [1.54, 1.807) is 24.3 Å². The first kappa shape index (κ1) is 13.8. The minimum Gasteiger partial charge on any atom is -0.423 e. The third kappa shape index (κ3) is 2.57. The molecular formula is C14H15BN2O4. The summed E-state index contributed by atoms with van der Waals surface area (Å²) in [7, 11) is -1.53. The van der Waals surface area contributed by atoms with Gasteiger partial charge in [0.2, 0.25) is 0 Å². The number of amides is 2. The summed E-state index contributed by atoms with van der Waals surface area (Å²) in [6.45, 7) is 0. The molecule has 1 aliphatic heterocycles. The molecule has 0 saturated carbocycles. The second-order valence-corrected chi connectivity index (χ2v) is 5.24. The third-order valence-electron chi connectivity index (χ3n) is 3.85. The van der Waals surface area contributed by atoms with Crippen molar-refractivity contribution in [2.45, 2.75) is 25.3 Å². The van der Waals surface area contributed by atoms with Gasteiger partial charge in [0.1, 0.15) is 0 Å². The standard InChI is InChI=1S/C14H15BN2O4/c18-11-3-1-2-10-12(11)13(17-14(19)16-10)8-4-6-9(7-5-8)15(20)21/h4-7,13,20-21H,1-3H2,(H2,16,17,19). The van der Waals surface area contributed by atoms with E-state index in [2.05, 4.69) is 10.6 Å². The van der Waals surface area contributed by atoms with Crippen molar-refractivity contribution >= 4 is 24.4 Å². The summed E-state index contributed by atoms with van der Waals surface area (Å²) in [4.78, 5) is 23.9. The summed E-state index contributed by atoms with van der Waals surface area (Å²) in [5, 5.41) is 23.7. The second kappa shape index (κ2) is 5.35. The quantitative estimate of drug-likeness (QED) is 0.562. The van der Waals surface area contributed by atoms with Crippen LogP contribution in [0.25, 0.3) is 0 Å². The minimum absolute atomic E-state index is 0.0417. The Bertz CT molecular complexity index is 624. The number of carbonyl (C=O) groups is 2. The lowest BCUT2D eigenvalue weighted by Crippen LogP contribution is -2.46. The van der Waals surface area contributed by atoms with E-state index in [4.69, 9.17) is 10.0 Å². The van der Waals surface area contributed by atoms with Crippen LogP contribution in [-0.2, 0) is 4.79 Å². The lowest BCUT2D eigenvalue weighted by atomic mass is 9.79. The molecule has 7 heteroatoms. The van der Waals surface area contributed by atoms with Gasteiger partial charge in [-0.05, 0) is 23.9 Å². The first-order valence-corrected chi connectivity index (χ1v) is 6.86. The van der Waals surface area contributed by atoms with Gasteiger partial charge < -0.3 is 20.7 Å². The molecule has 6 nitrogen and oxygen atoms in total. The highest BCUT2D eigenvalue weighted by atomic mass is 16.4. The molecule has 0 saturated heterocycles. The van der Waals surface area contributed by atoms with E-state index in [1.807, 2.05) is 0 Å². The van der Waals surface area contributed by atoms with Crippen molar-refractivity contribution in [2.75, 3.05) is 0 Å². The molecule has 0 radical (unpaired) electrons. The molecule has 1 aromatic carbocycles. The molecule has 0 aromatic heterocycles. The first-order chi connectivity index (χ1) is 10.1. The number of carbonyl (C=O) groups excluding carboxylic acids is 2. The Morgan fingerprint density at radius 1 is 1.10 bits per heavy atom. The summed E-state index contributed by atoms with van der Waals surface area (Å²) in [5.74, 6) is 0.0417. The van der Waals surface area contributed by atoms with Crippen LogP contribution in [0.1, 0.15) is 30.9 Å². The van der Waals surface area contributed by atoms with Crippen LogP contribution in [0.4, 0.5) is 4.79 Å². The molecule has 108 valence electrons. The summed E-state index contributed by atoms with van der Waals surface area (Å²) in [5.41, 5.74) is 2.42. The van der Waals surface area contributed by atoms with Crippen molar-refractivity contribution in [3.8, 4) is 0 Å². The number of nitrogens with one attached hydrogen (secondary N) is 2. The lowest BCUT2D eigenvalue weighted by Gasteiger charge is -2.32. The molecular weight excluding hydrogens is 271 g/mol. The molecule has 1 aliphatic carbocycles. The molecule has 1 heterocycles. The summed E-state index contributed by atoms with van der Waals surface area (Å²) in [6, 6.07) is 5.73. The fourth-order valence-electron chi connectivity index (χ4n) is 2.82. The molecule has 0 fully saturated rings. The number of hydrogen-bond donors (Lipinski definition) is 4. The summed E-state index contributed by atoms with van der Waals surface area (Å²) in [6.07, 6.45) is 1.93. The Hall–Kier alpha value is -2.12. The number of ketones is 1. The van der Waals surface area contributed by atoms with Gasteiger partial charge in [0.05, 0.1) is 6.04 Å². The Balaban J connectivity index is 1.99. The van der Waals surface area contributed by atoms with Crippen molar-refractivity contribution in [3.63, 3.8) is 0 Å². The summed E-state index contributed by atoms with van der Waals surface area (Å²) < 4.78 is 0. The molecule has 4 N–H and O–H groups in total. The lowest BCUT2D eigenvalue weighted by molar-refractivity contribution is -0.116. The number of benzene rings is 1. The zero-order valence-electron chi connectivity index (χ0n) is 11.3. The molecule has 21 heavy (non-hydrogen) atoms. The summed E-state index contributed by atoms with van der Waals surface area (Å²) >= 11 is 0. The Morgan fingerprint density at radius 2 is 1.81 bits per heavy atom. The van der Waals surface area contributed by atoms with Crippen molar-refractivity contribution in [1.29, 1.82) is 0 Å². The normalized spacial score (nSPS) is 21.5. The van der Waals surface area contributed by atoms with Crippen molar-refractivity contribution in [3.05, 3.63) is 41.1 Å². The van der Waals surface area contributed by atoms with Crippen LogP contribution in [0, 0.1) is 0 Å². The van der Waals surface area contributed by atoms with Crippen LogP contribution < -0.4 is 16.1 Å². The molecule has 3 rings (SSSR count).